The van der Waals surface area contributed by atoms with E-state index in [1.54, 1.807) is 17.4 Å². The second-order valence-electron chi connectivity index (χ2n) is 4.08. The van der Waals surface area contributed by atoms with Crippen LogP contribution >= 0.6 is 11.3 Å². The Labute approximate surface area is 104 Å². The van der Waals surface area contributed by atoms with Gasteiger partial charge in [-0.2, -0.15) is 0 Å². The third-order valence-electron chi connectivity index (χ3n) is 2.77. The molecule has 0 bridgehead atoms. The molecule has 0 fully saturated rings. The highest BCUT2D eigenvalue weighted by Gasteiger charge is 2.12. The van der Waals surface area contributed by atoms with Crippen molar-refractivity contribution in [2.24, 2.45) is 0 Å². The molecule has 1 aromatic heterocycles. The molecule has 0 aliphatic heterocycles. The Bertz CT molecular complexity index is 584. The number of esters is 1. The highest BCUT2D eigenvalue weighted by atomic mass is 32.1. The number of aromatic hydroxyl groups is 1. The number of carbonyl (C=O) groups excluding carboxylic acids is 1. The number of thiophene rings is 1. The van der Waals surface area contributed by atoms with Crippen LogP contribution in [0.2, 0.25) is 0 Å². The van der Waals surface area contributed by atoms with Gasteiger partial charge in [0.1, 0.15) is 12.4 Å². The molecule has 0 aliphatic carbocycles. The summed E-state index contributed by atoms with van der Waals surface area (Å²) in [7, 11) is 0. The highest BCUT2D eigenvalue weighted by Crippen LogP contribution is 2.36. The van der Waals surface area contributed by atoms with Crippen molar-refractivity contribution >= 4 is 27.4 Å². The summed E-state index contributed by atoms with van der Waals surface area (Å²) in [6, 6.07) is 1.75. The maximum atomic E-state index is 10.8. The van der Waals surface area contributed by atoms with Crippen molar-refractivity contribution in [3.63, 3.8) is 0 Å². The van der Waals surface area contributed by atoms with Crippen molar-refractivity contribution in [3.8, 4) is 5.75 Å². The fraction of sp³-hybridized carbons (Fsp3) is 0.308. The van der Waals surface area contributed by atoms with E-state index in [-0.39, 0.29) is 5.97 Å². The molecule has 0 amide bonds. The quantitative estimate of drug-likeness (QED) is 0.832. The fourth-order valence-corrected chi connectivity index (χ4v) is 3.03. The van der Waals surface area contributed by atoms with Gasteiger partial charge >= 0.3 is 5.97 Å². The number of benzene rings is 1. The van der Waals surface area contributed by atoms with Crippen molar-refractivity contribution in [2.75, 3.05) is 0 Å². The van der Waals surface area contributed by atoms with Crippen LogP contribution in [0.1, 0.15) is 23.6 Å². The molecule has 17 heavy (non-hydrogen) atoms. The first kappa shape index (κ1) is 11.9. The summed E-state index contributed by atoms with van der Waals surface area (Å²) in [6.07, 6.45) is 0. The van der Waals surface area contributed by atoms with Gasteiger partial charge in [-0.05, 0) is 30.9 Å². The molecule has 1 N–H and O–H groups in total. The predicted octanol–water partition coefficient (Wildman–Crippen LogP) is 3.29. The summed E-state index contributed by atoms with van der Waals surface area (Å²) in [6.45, 7) is 5.54. The Hall–Kier alpha value is -1.55. The zero-order valence-corrected chi connectivity index (χ0v) is 10.9. The number of phenolic OH excluding ortho intramolecular Hbond substituents is 1. The first-order valence-electron chi connectivity index (χ1n) is 5.33. The van der Waals surface area contributed by atoms with Crippen LogP contribution in [0.5, 0.6) is 5.75 Å². The van der Waals surface area contributed by atoms with Gasteiger partial charge in [0.05, 0.1) is 0 Å². The molecule has 4 heteroatoms. The van der Waals surface area contributed by atoms with Crippen LogP contribution in [0.15, 0.2) is 11.4 Å². The molecular formula is C13H14O3S. The maximum Gasteiger partial charge on any atom is 0.302 e. The molecule has 0 saturated carbocycles. The molecule has 0 saturated heterocycles. The number of hydrogen-bond acceptors (Lipinski definition) is 4. The number of rotatable bonds is 2. The van der Waals surface area contributed by atoms with Gasteiger partial charge in [-0.3, -0.25) is 4.79 Å². The minimum atomic E-state index is -0.280. The molecule has 2 rings (SSSR count). The fourth-order valence-electron chi connectivity index (χ4n) is 1.89. The van der Waals surface area contributed by atoms with E-state index in [1.165, 1.54) is 6.92 Å². The van der Waals surface area contributed by atoms with Crippen LogP contribution in [-0.2, 0) is 16.1 Å². The van der Waals surface area contributed by atoms with Crippen molar-refractivity contribution in [3.05, 3.63) is 28.1 Å². The molecule has 0 spiro atoms. The lowest BCUT2D eigenvalue weighted by Crippen LogP contribution is -1.98. The van der Waals surface area contributed by atoms with E-state index in [9.17, 15) is 9.90 Å². The highest BCUT2D eigenvalue weighted by molar-refractivity contribution is 7.17. The summed E-state index contributed by atoms with van der Waals surface area (Å²) in [4.78, 5) is 10.8. The molecule has 3 nitrogen and oxygen atoms in total. The summed E-state index contributed by atoms with van der Waals surface area (Å²) in [5.41, 5.74) is 2.89. The topological polar surface area (TPSA) is 46.5 Å². The third kappa shape index (κ3) is 2.13. The Morgan fingerprint density at radius 2 is 2.18 bits per heavy atom. The van der Waals surface area contributed by atoms with Gasteiger partial charge in [0.15, 0.2) is 0 Å². The average Bonchev–Trinajstić information content (AvgIpc) is 2.67. The molecule has 1 heterocycles. The zero-order chi connectivity index (χ0) is 12.6. The predicted molar refractivity (Wildman–Crippen MR) is 68.4 cm³/mol. The number of aryl methyl sites for hydroxylation is 2. The first-order chi connectivity index (χ1) is 8.00. The molecule has 0 radical (unpaired) electrons. The maximum absolute atomic E-state index is 10.8. The standard InChI is InChI=1S/C13H14O3S/c1-7-4-11(15)8(2)13-12(7)10(6-17-13)5-16-9(3)14/h4,6,15H,5H2,1-3H3. The molecule has 0 atom stereocenters. The summed E-state index contributed by atoms with van der Waals surface area (Å²) in [5.74, 6) is 0.0355. The summed E-state index contributed by atoms with van der Waals surface area (Å²) >= 11 is 1.57. The number of ether oxygens (including phenoxy) is 1. The molecule has 2 aromatic rings. The van der Waals surface area contributed by atoms with Crippen LogP contribution in [0.25, 0.3) is 10.1 Å². The van der Waals surface area contributed by atoms with E-state index >= 15 is 0 Å². The van der Waals surface area contributed by atoms with E-state index in [2.05, 4.69) is 0 Å². The van der Waals surface area contributed by atoms with Crippen LogP contribution in [0.3, 0.4) is 0 Å². The lowest BCUT2D eigenvalue weighted by molar-refractivity contribution is -0.142. The monoisotopic (exact) mass is 250 g/mol. The molecular weight excluding hydrogens is 236 g/mol. The van der Waals surface area contributed by atoms with E-state index in [1.807, 2.05) is 19.2 Å². The second-order valence-corrected chi connectivity index (χ2v) is 4.96. The van der Waals surface area contributed by atoms with Crippen LogP contribution in [-0.4, -0.2) is 11.1 Å². The third-order valence-corrected chi connectivity index (χ3v) is 3.92. The van der Waals surface area contributed by atoms with Gasteiger partial charge in [-0.15, -0.1) is 11.3 Å². The lowest BCUT2D eigenvalue weighted by Gasteiger charge is -2.06. The van der Waals surface area contributed by atoms with Crippen LogP contribution in [0.4, 0.5) is 0 Å². The van der Waals surface area contributed by atoms with Gasteiger partial charge in [-0.25, -0.2) is 0 Å². The minimum absolute atomic E-state index is 0.280. The van der Waals surface area contributed by atoms with E-state index in [0.29, 0.717) is 12.4 Å². The SMILES string of the molecule is CC(=O)OCc1csc2c(C)c(O)cc(C)c12. The average molecular weight is 250 g/mol. The largest absolute Gasteiger partial charge is 0.508 e. The van der Waals surface area contributed by atoms with Crippen LogP contribution < -0.4 is 0 Å². The summed E-state index contributed by atoms with van der Waals surface area (Å²) in [5, 5.41) is 12.8. The number of phenols is 1. The van der Waals surface area contributed by atoms with E-state index in [0.717, 1.165) is 26.8 Å². The van der Waals surface area contributed by atoms with Gasteiger partial charge in [-0.1, -0.05) is 0 Å². The van der Waals surface area contributed by atoms with Gasteiger partial charge < -0.3 is 9.84 Å². The number of hydrogen-bond donors (Lipinski definition) is 1. The number of fused-ring (bicyclic) bond motifs is 1. The van der Waals surface area contributed by atoms with Crippen LogP contribution in [0, 0.1) is 13.8 Å². The smallest absolute Gasteiger partial charge is 0.302 e. The molecule has 90 valence electrons. The Morgan fingerprint density at radius 1 is 1.47 bits per heavy atom. The van der Waals surface area contributed by atoms with E-state index < -0.39 is 0 Å². The van der Waals surface area contributed by atoms with Crippen molar-refractivity contribution in [2.45, 2.75) is 27.4 Å². The van der Waals surface area contributed by atoms with Crippen molar-refractivity contribution < 1.29 is 14.6 Å². The minimum Gasteiger partial charge on any atom is -0.508 e. The van der Waals surface area contributed by atoms with Gasteiger partial charge in [0.25, 0.3) is 0 Å². The first-order valence-corrected chi connectivity index (χ1v) is 6.21. The molecule has 0 unspecified atom stereocenters. The normalized spacial score (nSPS) is 10.8. The van der Waals surface area contributed by atoms with E-state index in [4.69, 9.17) is 4.74 Å². The zero-order valence-electron chi connectivity index (χ0n) is 10.0. The lowest BCUT2D eigenvalue weighted by atomic mass is 10.0. The molecule has 1 aromatic carbocycles. The second kappa shape index (κ2) is 4.37. The Morgan fingerprint density at radius 3 is 2.82 bits per heavy atom. The van der Waals surface area contributed by atoms with Gasteiger partial charge in [0.2, 0.25) is 0 Å². The number of carbonyl (C=O) groups is 1. The van der Waals surface area contributed by atoms with Gasteiger partial charge in [0, 0.05) is 28.1 Å². The Kier molecular flexibility index (Phi) is 3.07. The Balaban J connectivity index is 2.53. The van der Waals surface area contributed by atoms with Crippen molar-refractivity contribution in [1.82, 2.24) is 0 Å². The van der Waals surface area contributed by atoms with Crippen molar-refractivity contribution in [1.29, 1.82) is 0 Å². The molecule has 0 aliphatic rings. The summed E-state index contributed by atoms with van der Waals surface area (Å²) < 4.78 is 6.08.